The topological polar surface area (TPSA) is 112 Å². The number of carboxylic acids is 1. The van der Waals surface area contributed by atoms with Gasteiger partial charge in [-0.2, -0.15) is 5.10 Å². The molecule has 0 spiro atoms. The van der Waals surface area contributed by atoms with Crippen LogP contribution >= 0.6 is 0 Å². The second-order valence-electron chi connectivity index (χ2n) is 6.47. The van der Waals surface area contributed by atoms with E-state index >= 15 is 0 Å². The average Bonchev–Trinajstić information content (AvgIpc) is 3.07. The third kappa shape index (κ3) is 3.03. The van der Waals surface area contributed by atoms with Crippen LogP contribution in [0, 0.1) is 5.82 Å². The van der Waals surface area contributed by atoms with Crippen molar-refractivity contribution in [1.29, 1.82) is 0 Å². The molecule has 0 saturated carbocycles. The van der Waals surface area contributed by atoms with Crippen molar-refractivity contribution in [2.24, 2.45) is 0 Å². The molecule has 1 atom stereocenters. The number of benzene rings is 1. The van der Waals surface area contributed by atoms with Gasteiger partial charge in [0, 0.05) is 13.3 Å². The smallest absolute Gasteiger partial charge is 0.326 e. The standard InChI is InChI=1S/C19H16FN5O4/c1-10(19(27)28)24-8-7-14-16(18(24)26)21-22-17-15(11-3-5-12(20)6-4-11)13(9-29-2)23-25(14)17/h3-8,10H,9H2,1-2H3,(H,27,28). The summed E-state index contributed by atoms with van der Waals surface area (Å²) in [7, 11) is 1.52. The van der Waals surface area contributed by atoms with E-state index in [-0.39, 0.29) is 17.9 Å². The van der Waals surface area contributed by atoms with Crippen molar-refractivity contribution < 1.29 is 19.0 Å². The Kier molecular flexibility index (Phi) is 4.55. The first-order valence-electron chi connectivity index (χ1n) is 8.69. The van der Waals surface area contributed by atoms with Crippen molar-refractivity contribution in [1.82, 2.24) is 24.4 Å². The third-order valence-electron chi connectivity index (χ3n) is 4.67. The highest BCUT2D eigenvalue weighted by Crippen LogP contribution is 2.29. The summed E-state index contributed by atoms with van der Waals surface area (Å²) in [5, 5.41) is 21.9. The summed E-state index contributed by atoms with van der Waals surface area (Å²) >= 11 is 0. The van der Waals surface area contributed by atoms with E-state index in [2.05, 4.69) is 15.3 Å². The van der Waals surface area contributed by atoms with Crippen molar-refractivity contribution in [3.05, 3.63) is 58.4 Å². The fraction of sp³-hybridized carbons (Fsp3) is 0.211. The number of halogens is 1. The molecule has 0 saturated heterocycles. The predicted octanol–water partition coefficient (Wildman–Crippen LogP) is 2.04. The molecule has 9 nitrogen and oxygen atoms in total. The van der Waals surface area contributed by atoms with Gasteiger partial charge in [-0.05, 0) is 30.7 Å². The molecule has 4 aromatic rings. The van der Waals surface area contributed by atoms with E-state index in [4.69, 9.17) is 4.74 Å². The van der Waals surface area contributed by atoms with Gasteiger partial charge in [0.1, 0.15) is 17.4 Å². The van der Waals surface area contributed by atoms with Gasteiger partial charge in [0.2, 0.25) is 0 Å². The van der Waals surface area contributed by atoms with Crippen LogP contribution in [0.25, 0.3) is 27.8 Å². The monoisotopic (exact) mass is 397 g/mol. The summed E-state index contributed by atoms with van der Waals surface area (Å²) in [6, 6.07) is 6.37. The number of rotatable bonds is 5. The maximum Gasteiger partial charge on any atom is 0.326 e. The summed E-state index contributed by atoms with van der Waals surface area (Å²) in [5.74, 6) is -1.51. The van der Waals surface area contributed by atoms with Crippen molar-refractivity contribution in [3.8, 4) is 11.1 Å². The fourth-order valence-electron chi connectivity index (χ4n) is 3.18. The highest BCUT2D eigenvalue weighted by atomic mass is 19.1. The lowest BCUT2D eigenvalue weighted by Crippen LogP contribution is -2.28. The lowest BCUT2D eigenvalue weighted by molar-refractivity contribution is -0.140. The first-order chi connectivity index (χ1) is 13.9. The van der Waals surface area contributed by atoms with E-state index < -0.39 is 17.6 Å². The maximum absolute atomic E-state index is 13.4. The van der Waals surface area contributed by atoms with Gasteiger partial charge in [0.25, 0.3) is 5.56 Å². The van der Waals surface area contributed by atoms with E-state index in [1.807, 2.05) is 0 Å². The van der Waals surface area contributed by atoms with E-state index in [1.54, 1.807) is 18.2 Å². The first-order valence-corrected chi connectivity index (χ1v) is 8.69. The number of carboxylic acid groups (broad SMARTS) is 1. The Morgan fingerprint density at radius 2 is 1.97 bits per heavy atom. The largest absolute Gasteiger partial charge is 0.480 e. The zero-order valence-electron chi connectivity index (χ0n) is 15.5. The lowest BCUT2D eigenvalue weighted by Gasteiger charge is -2.11. The van der Waals surface area contributed by atoms with Crippen molar-refractivity contribution in [2.45, 2.75) is 19.6 Å². The van der Waals surface area contributed by atoms with Crippen molar-refractivity contribution in [2.75, 3.05) is 7.11 Å². The average molecular weight is 397 g/mol. The van der Waals surface area contributed by atoms with Crippen LogP contribution in [0.1, 0.15) is 18.7 Å². The Morgan fingerprint density at radius 1 is 1.24 bits per heavy atom. The van der Waals surface area contributed by atoms with Gasteiger partial charge in [-0.1, -0.05) is 12.1 Å². The zero-order valence-corrected chi connectivity index (χ0v) is 15.5. The Labute approximate surface area is 163 Å². The normalized spacial score (nSPS) is 12.5. The molecule has 1 N–H and O–H groups in total. The predicted molar refractivity (Wildman–Crippen MR) is 101 cm³/mol. The van der Waals surface area contributed by atoms with Crippen LogP contribution in [-0.4, -0.2) is 42.6 Å². The number of methoxy groups -OCH3 is 1. The van der Waals surface area contributed by atoms with E-state index in [9.17, 15) is 19.1 Å². The number of aromatic nitrogens is 5. The molecule has 0 radical (unpaired) electrons. The number of hydrogen-bond donors (Lipinski definition) is 1. The molecule has 148 valence electrons. The van der Waals surface area contributed by atoms with Crippen LogP contribution in [0.4, 0.5) is 4.39 Å². The maximum atomic E-state index is 13.4. The van der Waals surface area contributed by atoms with Gasteiger partial charge in [-0.15, -0.1) is 10.2 Å². The van der Waals surface area contributed by atoms with Gasteiger partial charge >= 0.3 is 5.97 Å². The highest BCUT2D eigenvalue weighted by Gasteiger charge is 2.21. The molecule has 1 unspecified atom stereocenters. The molecule has 0 bridgehead atoms. The Balaban J connectivity index is 2.01. The highest BCUT2D eigenvalue weighted by molar-refractivity contribution is 5.84. The Bertz CT molecular complexity index is 1300. The summed E-state index contributed by atoms with van der Waals surface area (Å²) in [4.78, 5) is 24.0. The number of fused-ring (bicyclic) bond motifs is 3. The van der Waals surface area contributed by atoms with Gasteiger partial charge < -0.3 is 9.84 Å². The molecule has 3 aromatic heterocycles. The molecule has 0 aliphatic carbocycles. The number of pyridine rings is 1. The van der Waals surface area contributed by atoms with Crippen molar-refractivity contribution in [3.63, 3.8) is 0 Å². The Morgan fingerprint density at radius 3 is 2.62 bits per heavy atom. The second kappa shape index (κ2) is 7.06. The molecular formula is C19H16FN5O4. The van der Waals surface area contributed by atoms with Gasteiger partial charge in [0.15, 0.2) is 11.2 Å². The molecule has 3 heterocycles. The molecule has 0 fully saturated rings. The first kappa shape index (κ1) is 18.7. The molecule has 1 aromatic carbocycles. The Hall–Kier alpha value is -3.66. The van der Waals surface area contributed by atoms with Gasteiger partial charge in [0.05, 0.1) is 17.9 Å². The van der Waals surface area contributed by atoms with Crippen LogP contribution in [0.3, 0.4) is 0 Å². The molecule has 10 heteroatoms. The minimum Gasteiger partial charge on any atom is -0.480 e. The number of nitrogens with zero attached hydrogens (tertiary/aromatic N) is 5. The van der Waals surface area contributed by atoms with Crippen molar-refractivity contribution >= 4 is 22.6 Å². The third-order valence-corrected chi connectivity index (χ3v) is 4.67. The lowest BCUT2D eigenvalue weighted by atomic mass is 10.1. The SMILES string of the molecule is COCc1nn2c(nnc3c(=O)n(C(C)C(=O)O)ccc32)c1-c1ccc(F)cc1. The van der Waals surface area contributed by atoms with Crippen LogP contribution in [0.5, 0.6) is 0 Å². The van der Waals surface area contributed by atoms with E-state index in [0.717, 1.165) is 4.57 Å². The van der Waals surface area contributed by atoms with Crippen LogP contribution < -0.4 is 5.56 Å². The summed E-state index contributed by atoms with van der Waals surface area (Å²) in [5.41, 5.74) is 1.99. The number of hydrogen-bond acceptors (Lipinski definition) is 6. The van der Waals surface area contributed by atoms with E-state index in [0.29, 0.717) is 28.0 Å². The summed E-state index contributed by atoms with van der Waals surface area (Å²) < 4.78 is 21.1. The molecule has 29 heavy (non-hydrogen) atoms. The number of carbonyl (C=O) groups is 1. The molecule has 4 rings (SSSR count). The van der Waals surface area contributed by atoms with Gasteiger partial charge in [-0.25, -0.2) is 13.7 Å². The number of aliphatic carboxylic acids is 1. The van der Waals surface area contributed by atoms with Crippen LogP contribution in [-0.2, 0) is 16.1 Å². The second-order valence-corrected chi connectivity index (χ2v) is 6.47. The van der Waals surface area contributed by atoms with Crippen LogP contribution in [0.15, 0.2) is 41.3 Å². The fourth-order valence-corrected chi connectivity index (χ4v) is 3.18. The van der Waals surface area contributed by atoms with E-state index in [1.165, 1.54) is 36.9 Å². The van der Waals surface area contributed by atoms with Crippen LogP contribution in [0.2, 0.25) is 0 Å². The summed E-state index contributed by atoms with van der Waals surface area (Å²) in [6.07, 6.45) is 1.39. The molecule has 0 aliphatic heterocycles. The summed E-state index contributed by atoms with van der Waals surface area (Å²) in [6.45, 7) is 1.57. The van der Waals surface area contributed by atoms with Gasteiger partial charge in [-0.3, -0.25) is 9.36 Å². The molecule has 0 aliphatic rings. The zero-order chi connectivity index (χ0) is 20.7. The number of ether oxygens (including phenoxy) is 1. The minimum atomic E-state index is -1.14. The minimum absolute atomic E-state index is 0.00905. The molecular weight excluding hydrogens is 381 g/mol. The molecule has 0 amide bonds. The quantitative estimate of drug-likeness (QED) is 0.548.